The zero-order valence-electron chi connectivity index (χ0n) is 12.2. The molecular formula is C15H20N2O3S. The second-order valence-corrected chi connectivity index (χ2v) is 7.07. The molecule has 1 aromatic carbocycles. The SMILES string of the molecule is C=CCN(CCC(=O)N1CCc2ccccc21)S(C)(=O)=O. The third-order valence-electron chi connectivity index (χ3n) is 3.57. The summed E-state index contributed by atoms with van der Waals surface area (Å²) in [6, 6.07) is 7.81. The average molecular weight is 308 g/mol. The van der Waals surface area contributed by atoms with Gasteiger partial charge in [-0.25, -0.2) is 8.42 Å². The molecule has 0 spiro atoms. The lowest BCUT2D eigenvalue weighted by Crippen LogP contribution is -2.36. The highest BCUT2D eigenvalue weighted by molar-refractivity contribution is 7.88. The van der Waals surface area contributed by atoms with Crippen LogP contribution in [0.25, 0.3) is 0 Å². The van der Waals surface area contributed by atoms with E-state index in [-0.39, 0.29) is 25.4 Å². The van der Waals surface area contributed by atoms with Crippen LogP contribution < -0.4 is 4.90 Å². The van der Waals surface area contributed by atoms with Crippen LogP contribution in [0.1, 0.15) is 12.0 Å². The molecule has 5 nitrogen and oxygen atoms in total. The third kappa shape index (κ3) is 3.71. The molecule has 0 N–H and O–H groups in total. The van der Waals surface area contributed by atoms with Crippen LogP contribution in [0, 0.1) is 0 Å². The fourth-order valence-electron chi connectivity index (χ4n) is 2.49. The number of hydrogen-bond donors (Lipinski definition) is 0. The van der Waals surface area contributed by atoms with Crippen LogP contribution in [0.4, 0.5) is 5.69 Å². The molecule has 1 aliphatic heterocycles. The van der Waals surface area contributed by atoms with E-state index in [0.29, 0.717) is 6.54 Å². The van der Waals surface area contributed by atoms with Gasteiger partial charge in [-0.15, -0.1) is 6.58 Å². The monoisotopic (exact) mass is 308 g/mol. The molecule has 0 aliphatic carbocycles. The van der Waals surface area contributed by atoms with E-state index in [1.165, 1.54) is 10.4 Å². The number of para-hydroxylation sites is 1. The van der Waals surface area contributed by atoms with Crippen molar-refractivity contribution in [3.63, 3.8) is 0 Å². The zero-order chi connectivity index (χ0) is 15.5. The first-order valence-corrected chi connectivity index (χ1v) is 8.72. The summed E-state index contributed by atoms with van der Waals surface area (Å²) in [6.07, 6.45) is 3.70. The fraction of sp³-hybridized carbons (Fsp3) is 0.400. The fourth-order valence-corrected chi connectivity index (χ4v) is 3.29. The molecule has 0 bridgehead atoms. The highest BCUT2D eigenvalue weighted by Crippen LogP contribution is 2.27. The smallest absolute Gasteiger partial charge is 0.228 e. The lowest BCUT2D eigenvalue weighted by molar-refractivity contribution is -0.118. The lowest BCUT2D eigenvalue weighted by atomic mass is 10.2. The van der Waals surface area contributed by atoms with Crippen molar-refractivity contribution in [2.24, 2.45) is 0 Å². The number of carbonyl (C=O) groups excluding carboxylic acids is 1. The van der Waals surface area contributed by atoms with Gasteiger partial charge in [0.2, 0.25) is 15.9 Å². The molecule has 0 saturated heterocycles. The maximum Gasteiger partial charge on any atom is 0.228 e. The highest BCUT2D eigenvalue weighted by atomic mass is 32.2. The summed E-state index contributed by atoms with van der Waals surface area (Å²) in [5, 5.41) is 0. The molecular weight excluding hydrogens is 288 g/mol. The summed E-state index contributed by atoms with van der Waals surface area (Å²) >= 11 is 0. The van der Waals surface area contributed by atoms with E-state index in [2.05, 4.69) is 6.58 Å². The van der Waals surface area contributed by atoms with E-state index in [0.717, 1.165) is 23.9 Å². The number of rotatable bonds is 6. The first-order chi connectivity index (χ1) is 9.93. The summed E-state index contributed by atoms with van der Waals surface area (Å²) < 4.78 is 24.5. The molecule has 1 aliphatic rings. The van der Waals surface area contributed by atoms with Crippen LogP contribution in [0.15, 0.2) is 36.9 Å². The van der Waals surface area contributed by atoms with Crippen molar-refractivity contribution < 1.29 is 13.2 Å². The van der Waals surface area contributed by atoms with Gasteiger partial charge < -0.3 is 4.90 Å². The molecule has 0 atom stereocenters. The quantitative estimate of drug-likeness (QED) is 0.747. The number of fused-ring (bicyclic) bond motifs is 1. The van der Waals surface area contributed by atoms with Gasteiger partial charge in [-0.3, -0.25) is 4.79 Å². The van der Waals surface area contributed by atoms with Crippen LogP contribution in [0.5, 0.6) is 0 Å². The standard InChI is InChI=1S/C15H20N2O3S/c1-3-10-16(21(2,19)20)11-9-15(18)17-12-8-13-6-4-5-7-14(13)17/h3-7H,1,8-12H2,2H3. The molecule has 1 aromatic rings. The molecule has 21 heavy (non-hydrogen) atoms. The molecule has 1 amide bonds. The number of anilines is 1. The third-order valence-corrected chi connectivity index (χ3v) is 4.83. The van der Waals surface area contributed by atoms with Gasteiger partial charge in [0.15, 0.2) is 0 Å². The normalized spacial score (nSPS) is 14.3. The Bertz CT molecular complexity index is 640. The minimum atomic E-state index is -3.32. The van der Waals surface area contributed by atoms with Gasteiger partial charge in [0.25, 0.3) is 0 Å². The van der Waals surface area contributed by atoms with Crippen molar-refractivity contribution in [3.8, 4) is 0 Å². The number of carbonyl (C=O) groups is 1. The van der Waals surface area contributed by atoms with Gasteiger partial charge in [-0.2, -0.15) is 4.31 Å². The summed E-state index contributed by atoms with van der Waals surface area (Å²) in [4.78, 5) is 14.1. The van der Waals surface area contributed by atoms with Crippen LogP contribution in [-0.4, -0.2) is 44.5 Å². The van der Waals surface area contributed by atoms with Crippen molar-refractivity contribution in [2.75, 3.05) is 30.8 Å². The molecule has 0 aromatic heterocycles. The lowest BCUT2D eigenvalue weighted by Gasteiger charge is -2.21. The number of benzene rings is 1. The summed E-state index contributed by atoms with van der Waals surface area (Å²) in [5.41, 5.74) is 2.11. The molecule has 1 heterocycles. The highest BCUT2D eigenvalue weighted by Gasteiger charge is 2.25. The summed E-state index contributed by atoms with van der Waals surface area (Å²) in [7, 11) is -3.32. The van der Waals surface area contributed by atoms with Gasteiger partial charge in [0.1, 0.15) is 0 Å². The van der Waals surface area contributed by atoms with Gasteiger partial charge in [0, 0.05) is 31.7 Å². The predicted octanol–water partition coefficient (Wildman–Crippen LogP) is 1.41. The first kappa shape index (κ1) is 15.7. The van der Waals surface area contributed by atoms with E-state index >= 15 is 0 Å². The van der Waals surface area contributed by atoms with E-state index in [1.54, 1.807) is 4.90 Å². The summed E-state index contributed by atoms with van der Waals surface area (Å²) in [6.45, 7) is 4.62. The van der Waals surface area contributed by atoms with Crippen molar-refractivity contribution in [3.05, 3.63) is 42.5 Å². The zero-order valence-corrected chi connectivity index (χ0v) is 13.0. The van der Waals surface area contributed by atoms with Gasteiger partial charge in [0.05, 0.1) is 6.26 Å². The molecule has 114 valence electrons. The van der Waals surface area contributed by atoms with E-state index in [1.807, 2.05) is 24.3 Å². The molecule has 2 rings (SSSR count). The van der Waals surface area contributed by atoms with Crippen LogP contribution in [0.2, 0.25) is 0 Å². The van der Waals surface area contributed by atoms with Crippen molar-refractivity contribution in [1.29, 1.82) is 0 Å². The van der Waals surface area contributed by atoms with Gasteiger partial charge in [-0.1, -0.05) is 24.3 Å². The van der Waals surface area contributed by atoms with Crippen LogP contribution >= 0.6 is 0 Å². The largest absolute Gasteiger partial charge is 0.312 e. The second-order valence-electron chi connectivity index (χ2n) is 5.08. The maximum absolute atomic E-state index is 12.3. The number of hydrogen-bond acceptors (Lipinski definition) is 3. The Hall–Kier alpha value is -1.66. The van der Waals surface area contributed by atoms with E-state index in [9.17, 15) is 13.2 Å². The van der Waals surface area contributed by atoms with Gasteiger partial charge in [-0.05, 0) is 18.1 Å². The molecule has 0 radical (unpaired) electrons. The van der Waals surface area contributed by atoms with Crippen molar-refractivity contribution >= 4 is 21.6 Å². The molecule has 0 fully saturated rings. The van der Waals surface area contributed by atoms with E-state index in [4.69, 9.17) is 0 Å². The topological polar surface area (TPSA) is 57.7 Å². The summed E-state index contributed by atoms with van der Waals surface area (Å²) in [5.74, 6) is -0.0438. The van der Waals surface area contributed by atoms with Crippen LogP contribution in [-0.2, 0) is 21.2 Å². The Labute approximate surface area is 125 Å². The van der Waals surface area contributed by atoms with Gasteiger partial charge >= 0.3 is 0 Å². The van der Waals surface area contributed by atoms with Crippen molar-refractivity contribution in [2.45, 2.75) is 12.8 Å². The Morgan fingerprint density at radius 3 is 2.81 bits per heavy atom. The number of nitrogens with zero attached hydrogens (tertiary/aromatic N) is 2. The number of sulfonamides is 1. The predicted molar refractivity (Wildman–Crippen MR) is 83.7 cm³/mol. The Morgan fingerprint density at radius 1 is 1.43 bits per heavy atom. The second kappa shape index (κ2) is 6.41. The molecule has 6 heteroatoms. The Kier molecular flexibility index (Phi) is 4.80. The first-order valence-electron chi connectivity index (χ1n) is 6.88. The van der Waals surface area contributed by atoms with Crippen molar-refractivity contribution in [1.82, 2.24) is 4.31 Å². The Balaban J connectivity index is 2.01. The minimum Gasteiger partial charge on any atom is -0.312 e. The van der Waals surface area contributed by atoms with Crippen LogP contribution in [0.3, 0.4) is 0 Å². The average Bonchev–Trinajstić information content (AvgIpc) is 2.85. The number of amides is 1. The molecule has 0 saturated carbocycles. The Morgan fingerprint density at radius 2 is 2.14 bits per heavy atom. The maximum atomic E-state index is 12.3. The minimum absolute atomic E-state index is 0.0438. The van der Waals surface area contributed by atoms with E-state index < -0.39 is 10.0 Å². The molecule has 0 unspecified atom stereocenters.